The van der Waals surface area contributed by atoms with Crippen molar-refractivity contribution in [2.24, 2.45) is 0 Å². The van der Waals surface area contributed by atoms with E-state index in [1.807, 2.05) is 0 Å². The first-order valence-electron chi connectivity index (χ1n) is 6.16. The third-order valence-electron chi connectivity index (χ3n) is 3.18. The van der Waals surface area contributed by atoms with E-state index in [4.69, 9.17) is 4.74 Å². The summed E-state index contributed by atoms with van der Waals surface area (Å²) in [4.78, 5) is 33.2. The van der Waals surface area contributed by atoms with Crippen molar-refractivity contribution >= 4 is 11.8 Å². The SMILES string of the molecule is COc1cnc(CN2C(=O)c3ccccc3C2=O)nc1O. The number of nitrogens with zero attached hydrogens (tertiary/aromatic N) is 3. The molecule has 106 valence electrons. The normalized spacial score (nSPS) is 13.5. The third kappa shape index (κ3) is 2.08. The summed E-state index contributed by atoms with van der Waals surface area (Å²) in [6, 6.07) is 6.59. The lowest BCUT2D eigenvalue weighted by Gasteiger charge is -2.13. The van der Waals surface area contributed by atoms with E-state index in [-0.39, 0.29) is 24.0 Å². The van der Waals surface area contributed by atoms with E-state index in [9.17, 15) is 14.7 Å². The summed E-state index contributed by atoms with van der Waals surface area (Å²) in [5, 5.41) is 9.61. The van der Waals surface area contributed by atoms with Crippen LogP contribution in [-0.4, -0.2) is 38.9 Å². The smallest absolute Gasteiger partial charge is 0.261 e. The molecule has 0 unspecified atom stereocenters. The van der Waals surface area contributed by atoms with Crippen molar-refractivity contribution in [1.82, 2.24) is 14.9 Å². The Balaban J connectivity index is 1.88. The molecule has 0 bridgehead atoms. The number of aromatic nitrogens is 2. The van der Waals surface area contributed by atoms with Crippen LogP contribution in [0, 0.1) is 0 Å². The first kappa shape index (κ1) is 13.0. The number of rotatable bonds is 3. The maximum Gasteiger partial charge on any atom is 0.261 e. The van der Waals surface area contributed by atoms with E-state index < -0.39 is 11.8 Å². The third-order valence-corrected chi connectivity index (χ3v) is 3.18. The first-order chi connectivity index (χ1) is 10.1. The van der Waals surface area contributed by atoms with Crippen LogP contribution in [0.4, 0.5) is 0 Å². The summed E-state index contributed by atoms with van der Waals surface area (Å²) < 4.78 is 4.84. The van der Waals surface area contributed by atoms with Crippen LogP contribution < -0.4 is 4.74 Å². The van der Waals surface area contributed by atoms with Crippen LogP contribution in [0.15, 0.2) is 30.5 Å². The molecular formula is C14H11N3O4. The molecule has 1 aromatic heterocycles. The Hall–Kier alpha value is -2.96. The molecule has 1 aromatic carbocycles. The standard InChI is InChI=1S/C14H11N3O4/c1-21-10-6-15-11(16-12(10)18)7-17-13(19)8-4-2-3-5-9(8)14(17)20/h2-6H,7H2,1H3,(H,15,16,18). The number of hydrogen-bond donors (Lipinski definition) is 1. The number of fused-ring (bicyclic) bond motifs is 1. The van der Waals surface area contributed by atoms with E-state index in [1.165, 1.54) is 13.3 Å². The molecule has 0 radical (unpaired) electrons. The van der Waals surface area contributed by atoms with Crippen LogP contribution in [0.3, 0.4) is 0 Å². The van der Waals surface area contributed by atoms with Gasteiger partial charge in [0.1, 0.15) is 0 Å². The summed E-state index contributed by atoms with van der Waals surface area (Å²) in [6.07, 6.45) is 1.29. The number of hydrogen-bond acceptors (Lipinski definition) is 6. The Labute approximate surface area is 119 Å². The molecule has 0 spiro atoms. The zero-order chi connectivity index (χ0) is 15.0. The molecule has 0 saturated heterocycles. The average molecular weight is 285 g/mol. The zero-order valence-corrected chi connectivity index (χ0v) is 11.1. The highest BCUT2D eigenvalue weighted by Gasteiger charge is 2.35. The van der Waals surface area contributed by atoms with Gasteiger partial charge in [0.2, 0.25) is 0 Å². The highest BCUT2D eigenvalue weighted by atomic mass is 16.5. The van der Waals surface area contributed by atoms with E-state index in [2.05, 4.69) is 9.97 Å². The molecule has 0 saturated carbocycles. The van der Waals surface area contributed by atoms with Crippen molar-refractivity contribution in [2.45, 2.75) is 6.54 Å². The van der Waals surface area contributed by atoms with Crippen molar-refractivity contribution in [3.05, 3.63) is 47.4 Å². The van der Waals surface area contributed by atoms with Crippen LogP contribution in [0.25, 0.3) is 0 Å². The van der Waals surface area contributed by atoms with Gasteiger partial charge in [-0.25, -0.2) is 4.98 Å². The number of aromatic hydroxyl groups is 1. The predicted octanol–water partition coefficient (Wildman–Crippen LogP) is 0.987. The number of benzene rings is 1. The summed E-state index contributed by atoms with van der Waals surface area (Å²) >= 11 is 0. The minimum absolute atomic E-state index is 0.107. The molecule has 2 heterocycles. The molecule has 0 aliphatic carbocycles. The van der Waals surface area contributed by atoms with E-state index >= 15 is 0 Å². The fraction of sp³-hybridized carbons (Fsp3) is 0.143. The number of carbonyl (C=O) groups excluding carboxylic acids is 2. The van der Waals surface area contributed by atoms with Gasteiger partial charge in [0.25, 0.3) is 17.7 Å². The van der Waals surface area contributed by atoms with Gasteiger partial charge >= 0.3 is 0 Å². The van der Waals surface area contributed by atoms with Crippen LogP contribution in [0.2, 0.25) is 0 Å². The number of carbonyl (C=O) groups is 2. The number of methoxy groups -OCH3 is 1. The van der Waals surface area contributed by atoms with Gasteiger partial charge in [-0.05, 0) is 12.1 Å². The highest BCUT2D eigenvalue weighted by molar-refractivity contribution is 6.21. The van der Waals surface area contributed by atoms with E-state index in [0.717, 1.165) is 4.90 Å². The van der Waals surface area contributed by atoms with Gasteiger partial charge < -0.3 is 9.84 Å². The minimum atomic E-state index is -0.394. The number of amides is 2. The number of ether oxygens (including phenoxy) is 1. The van der Waals surface area contributed by atoms with Gasteiger partial charge in [0, 0.05) is 0 Å². The molecule has 0 fully saturated rings. The van der Waals surface area contributed by atoms with E-state index in [1.54, 1.807) is 24.3 Å². The Morgan fingerprint density at radius 2 is 1.81 bits per heavy atom. The largest absolute Gasteiger partial charge is 0.491 e. The Bertz CT molecular complexity index is 710. The molecule has 1 aliphatic rings. The fourth-order valence-corrected chi connectivity index (χ4v) is 2.14. The Morgan fingerprint density at radius 1 is 1.19 bits per heavy atom. The van der Waals surface area contributed by atoms with Crippen LogP contribution in [0.1, 0.15) is 26.5 Å². The fourth-order valence-electron chi connectivity index (χ4n) is 2.14. The summed E-state index contributed by atoms with van der Waals surface area (Å²) in [7, 11) is 1.38. The molecular weight excluding hydrogens is 274 g/mol. The maximum atomic E-state index is 12.2. The van der Waals surface area contributed by atoms with Crippen molar-refractivity contribution in [3.63, 3.8) is 0 Å². The monoisotopic (exact) mass is 285 g/mol. The van der Waals surface area contributed by atoms with Crippen molar-refractivity contribution < 1.29 is 19.4 Å². The average Bonchev–Trinajstić information content (AvgIpc) is 2.73. The predicted molar refractivity (Wildman–Crippen MR) is 70.9 cm³/mol. The molecule has 1 N–H and O–H groups in total. The van der Waals surface area contributed by atoms with Gasteiger partial charge in [-0.2, -0.15) is 4.98 Å². The lowest BCUT2D eigenvalue weighted by molar-refractivity contribution is 0.0637. The second-order valence-electron chi connectivity index (χ2n) is 4.42. The molecule has 1 aliphatic heterocycles. The maximum absolute atomic E-state index is 12.2. The van der Waals surface area contributed by atoms with Gasteiger partial charge in [-0.15, -0.1) is 0 Å². The Morgan fingerprint density at radius 3 is 2.33 bits per heavy atom. The van der Waals surface area contributed by atoms with Crippen LogP contribution in [-0.2, 0) is 6.54 Å². The Kier molecular flexibility index (Phi) is 3.02. The quantitative estimate of drug-likeness (QED) is 0.845. The molecule has 3 rings (SSSR count). The topological polar surface area (TPSA) is 92.6 Å². The highest BCUT2D eigenvalue weighted by Crippen LogP contribution is 2.25. The lowest BCUT2D eigenvalue weighted by atomic mass is 10.1. The molecule has 0 atom stereocenters. The zero-order valence-electron chi connectivity index (χ0n) is 11.1. The van der Waals surface area contributed by atoms with Crippen LogP contribution in [0.5, 0.6) is 11.6 Å². The van der Waals surface area contributed by atoms with Crippen molar-refractivity contribution in [2.75, 3.05) is 7.11 Å². The molecule has 2 amide bonds. The summed E-state index contributed by atoms with van der Waals surface area (Å²) in [5.74, 6) is -0.841. The van der Waals surface area contributed by atoms with E-state index in [0.29, 0.717) is 11.1 Å². The molecule has 21 heavy (non-hydrogen) atoms. The minimum Gasteiger partial charge on any atom is -0.491 e. The van der Waals surface area contributed by atoms with Gasteiger partial charge in [0.15, 0.2) is 11.6 Å². The van der Waals surface area contributed by atoms with Gasteiger partial charge in [-0.1, -0.05) is 12.1 Å². The summed E-state index contributed by atoms with van der Waals surface area (Å²) in [5.41, 5.74) is 0.723. The lowest BCUT2D eigenvalue weighted by Crippen LogP contribution is -2.29. The van der Waals surface area contributed by atoms with Crippen LogP contribution >= 0.6 is 0 Å². The first-order valence-corrected chi connectivity index (χ1v) is 6.16. The van der Waals surface area contributed by atoms with Gasteiger partial charge in [-0.3, -0.25) is 14.5 Å². The van der Waals surface area contributed by atoms with Crippen molar-refractivity contribution in [1.29, 1.82) is 0 Å². The molecule has 7 heteroatoms. The second kappa shape index (κ2) is 4.86. The molecule has 2 aromatic rings. The van der Waals surface area contributed by atoms with Gasteiger partial charge in [0.05, 0.1) is 31.0 Å². The molecule has 7 nitrogen and oxygen atoms in total. The number of imide groups is 1. The summed E-state index contributed by atoms with van der Waals surface area (Å²) in [6.45, 7) is -0.107. The second-order valence-corrected chi connectivity index (χ2v) is 4.42. The van der Waals surface area contributed by atoms with Crippen molar-refractivity contribution in [3.8, 4) is 11.6 Å².